The monoisotopic (exact) mass is 608 g/mol. The first-order valence-corrected chi connectivity index (χ1v) is 15.7. The number of hydrogen-bond donors (Lipinski definition) is 3. The molecule has 1 aromatic heterocycles. The van der Waals surface area contributed by atoms with Gasteiger partial charge in [0.1, 0.15) is 11.6 Å². The van der Waals surface area contributed by atoms with Crippen LogP contribution in [0.15, 0.2) is 48.7 Å². The summed E-state index contributed by atoms with van der Waals surface area (Å²) in [5.41, 5.74) is 2.71. The van der Waals surface area contributed by atoms with Crippen molar-refractivity contribution >= 4 is 28.8 Å². The highest BCUT2D eigenvalue weighted by atomic mass is 35.5. The summed E-state index contributed by atoms with van der Waals surface area (Å²) < 4.78 is 25.7. The van der Waals surface area contributed by atoms with Crippen molar-refractivity contribution in [1.82, 2.24) is 10.3 Å². The van der Waals surface area contributed by atoms with E-state index in [0.717, 1.165) is 43.6 Å². The van der Waals surface area contributed by atoms with Crippen molar-refractivity contribution in [2.24, 2.45) is 5.92 Å². The Kier molecular flexibility index (Phi) is 10.9. The molecule has 0 radical (unpaired) electrons. The van der Waals surface area contributed by atoms with E-state index in [4.69, 9.17) is 26.1 Å². The second-order valence-corrected chi connectivity index (χ2v) is 12.1. The van der Waals surface area contributed by atoms with Crippen molar-refractivity contribution in [3.05, 3.63) is 59.5 Å². The van der Waals surface area contributed by atoms with Crippen molar-refractivity contribution in [3.8, 4) is 17.3 Å². The van der Waals surface area contributed by atoms with Gasteiger partial charge in [-0.2, -0.15) is 5.26 Å². The SMILES string of the molecule is COC[C@@H](C)NC1CCC(Nc2cc(N3C=CC=CC3)c(Cl)c(-c3ccc(F)cc3NCC3CC(C#N)CCO3)n2)CC1. The van der Waals surface area contributed by atoms with E-state index in [0.29, 0.717) is 66.8 Å². The molecule has 8 nitrogen and oxygen atoms in total. The van der Waals surface area contributed by atoms with Gasteiger partial charge in [0.2, 0.25) is 0 Å². The molecule has 1 aliphatic carbocycles. The highest BCUT2D eigenvalue weighted by molar-refractivity contribution is 6.36. The fourth-order valence-corrected chi connectivity index (χ4v) is 6.48. The van der Waals surface area contributed by atoms with E-state index in [1.54, 1.807) is 13.2 Å². The molecule has 2 aromatic rings. The fraction of sp³-hybridized carbons (Fsp3) is 0.515. The molecule has 1 saturated carbocycles. The van der Waals surface area contributed by atoms with E-state index in [2.05, 4.69) is 39.9 Å². The molecule has 1 aromatic carbocycles. The number of nitriles is 1. The van der Waals surface area contributed by atoms with E-state index in [1.165, 1.54) is 12.1 Å². The van der Waals surface area contributed by atoms with E-state index in [9.17, 15) is 9.65 Å². The summed E-state index contributed by atoms with van der Waals surface area (Å²) in [6.45, 7) is 4.54. The predicted octanol–water partition coefficient (Wildman–Crippen LogP) is 6.51. The maximum absolute atomic E-state index is 14.5. The Hall–Kier alpha value is -3.16. The number of aromatic nitrogens is 1. The van der Waals surface area contributed by atoms with Gasteiger partial charge in [-0.15, -0.1) is 0 Å². The molecule has 2 unspecified atom stereocenters. The van der Waals surface area contributed by atoms with E-state index < -0.39 is 0 Å². The van der Waals surface area contributed by atoms with Crippen LogP contribution in [0.4, 0.5) is 21.6 Å². The molecule has 0 amide bonds. The summed E-state index contributed by atoms with van der Waals surface area (Å²) in [5, 5.41) is 20.6. The van der Waals surface area contributed by atoms with Gasteiger partial charge in [-0.1, -0.05) is 23.8 Å². The summed E-state index contributed by atoms with van der Waals surface area (Å²) in [4.78, 5) is 7.10. The lowest BCUT2D eigenvalue weighted by Gasteiger charge is -2.32. The number of hydrogen-bond acceptors (Lipinski definition) is 8. The van der Waals surface area contributed by atoms with Gasteiger partial charge < -0.3 is 30.3 Å². The van der Waals surface area contributed by atoms with Gasteiger partial charge in [-0.25, -0.2) is 9.37 Å². The van der Waals surface area contributed by atoms with Gasteiger partial charge in [-0.3, -0.25) is 0 Å². The Bertz CT molecular complexity index is 1340. The lowest BCUT2D eigenvalue weighted by Crippen LogP contribution is -2.42. The minimum absolute atomic E-state index is 0.0276. The molecule has 5 rings (SSSR count). The number of benzene rings is 1. The van der Waals surface area contributed by atoms with Crippen LogP contribution in [-0.2, 0) is 9.47 Å². The molecule has 3 N–H and O–H groups in total. The molecule has 230 valence electrons. The molecule has 10 heteroatoms. The molecular weight excluding hydrogens is 567 g/mol. The predicted molar refractivity (Wildman–Crippen MR) is 171 cm³/mol. The van der Waals surface area contributed by atoms with Crippen LogP contribution in [0, 0.1) is 23.1 Å². The Morgan fingerprint density at radius 2 is 2.00 bits per heavy atom. The van der Waals surface area contributed by atoms with E-state index >= 15 is 0 Å². The lowest BCUT2D eigenvalue weighted by molar-refractivity contribution is 0.0105. The van der Waals surface area contributed by atoms with Crippen molar-refractivity contribution < 1.29 is 13.9 Å². The first kappa shape index (κ1) is 31.3. The van der Waals surface area contributed by atoms with Crippen LogP contribution in [-0.4, -0.2) is 62.6 Å². The Balaban J connectivity index is 1.39. The van der Waals surface area contributed by atoms with Crippen molar-refractivity contribution in [2.75, 3.05) is 48.9 Å². The molecule has 3 heterocycles. The normalized spacial score (nSPS) is 24.4. The van der Waals surface area contributed by atoms with Gasteiger partial charge in [0.25, 0.3) is 0 Å². The number of ether oxygens (including phenoxy) is 2. The molecule has 3 atom stereocenters. The van der Waals surface area contributed by atoms with Crippen LogP contribution in [0.1, 0.15) is 45.4 Å². The van der Waals surface area contributed by atoms with Crippen LogP contribution in [0.25, 0.3) is 11.3 Å². The average Bonchev–Trinajstić information content (AvgIpc) is 3.02. The van der Waals surface area contributed by atoms with Crippen molar-refractivity contribution in [1.29, 1.82) is 5.26 Å². The zero-order valence-corrected chi connectivity index (χ0v) is 25.7. The fourth-order valence-electron chi connectivity index (χ4n) is 6.17. The van der Waals surface area contributed by atoms with Crippen molar-refractivity contribution in [2.45, 2.75) is 69.7 Å². The number of rotatable bonds is 11. The highest BCUT2D eigenvalue weighted by Gasteiger charge is 2.26. The highest BCUT2D eigenvalue weighted by Crippen LogP contribution is 2.41. The number of pyridine rings is 1. The number of allylic oxidation sites excluding steroid dienone is 2. The van der Waals surface area contributed by atoms with Crippen LogP contribution in [0.3, 0.4) is 0 Å². The molecule has 1 saturated heterocycles. The van der Waals surface area contributed by atoms with Crippen LogP contribution in [0.2, 0.25) is 5.02 Å². The second-order valence-electron chi connectivity index (χ2n) is 11.7. The quantitative estimate of drug-likeness (QED) is 0.266. The smallest absolute Gasteiger partial charge is 0.129 e. The summed E-state index contributed by atoms with van der Waals surface area (Å²) in [5.74, 6) is 0.357. The molecular formula is C33H42ClFN6O2. The molecule has 2 fully saturated rings. The van der Waals surface area contributed by atoms with Crippen LogP contribution >= 0.6 is 11.6 Å². The van der Waals surface area contributed by atoms with E-state index in [-0.39, 0.29) is 23.9 Å². The summed E-state index contributed by atoms with van der Waals surface area (Å²) >= 11 is 7.09. The molecule has 3 aliphatic rings. The standard InChI is InChI=1S/C33H42ClFN6O2/c1-22(21-42-2)38-25-7-9-26(10-8-25)39-31-18-30(41-13-4-3-5-14-41)32(34)33(40-31)28-11-6-24(35)17-29(28)37-20-27-16-23(19-36)12-15-43-27/h3-6,11,13,17-18,22-23,25-27,37-38H,7-10,12,14-16,20-21H2,1-2H3,(H,39,40)/t22-,23?,25?,26?,27?/m1/s1. The Morgan fingerprint density at radius 1 is 1.19 bits per heavy atom. The minimum atomic E-state index is -0.356. The minimum Gasteiger partial charge on any atom is -0.383 e. The zero-order valence-electron chi connectivity index (χ0n) is 25.0. The molecule has 43 heavy (non-hydrogen) atoms. The lowest BCUT2D eigenvalue weighted by atomic mass is 9.90. The molecule has 0 spiro atoms. The van der Waals surface area contributed by atoms with Gasteiger partial charge in [0.05, 0.1) is 41.1 Å². The zero-order chi connectivity index (χ0) is 30.2. The Morgan fingerprint density at radius 3 is 2.74 bits per heavy atom. The summed E-state index contributed by atoms with van der Waals surface area (Å²) in [6, 6.07) is 10.1. The summed E-state index contributed by atoms with van der Waals surface area (Å²) in [6.07, 6.45) is 13.5. The topological polar surface area (TPSA) is 94.5 Å². The van der Waals surface area contributed by atoms with Gasteiger partial charge in [0.15, 0.2) is 0 Å². The van der Waals surface area contributed by atoms with Crippen molar-refractivity contribution in [3.63, 3.8) is 0 Å². The third kappa shape index (κ3) is 8.27. The number of anilines is 3. The second kappa shape index (κ2) is 15.0. The Labute approximate surface area is 259 Å². The molecule has 0 bridgehead atoms. The maximum Gasteiger partial charge on any atom is 0.129 e. The number of methoxy groups -OCH3 is 1. The number of nitrogens with zero attached hydrogens (tertiary/aromatic N) is 3. The first-order valence-electron chi connectivity index (χ1n) is 15.3. The molecule has 2 aliphatic heterocycles. The van der Waals surface area contributed by atoms with E-state index in [1.807, 2.05) is 24.4 Å². The maximum atomic E-state index is 14.5. The van der Waals surface area contributed by atoms with Crippen LogP contribution in [0.5, 0.6) is 0 Å². The average molecular weight is 609 g/mol. The number of halogens is 2. The third-order valence-corrected chi connectivity index (χ3v) is 8.76. The third-order valence-electron chi connectivity index (χ3n) is 8.39. The number of nitrogens with one attached hydrogen (secondary N) is 3. The van der Waals surface area contributed by atoms with Gasteiger partial charge in [0, 0.05) is 68.4 Å². The van der Waals surface area contributed by atoms with Gasteiger partial charge in [-0.05, 0) is 69.7 Å². The van der Waals surface area contributed by atoms with Crippen LogP contribution < -0.4 is 20.9 Å². The first-order chi connectivity index (χ1) is 20.9. The summed E-state index contributed by atoms with van der Waals surface area (Å²) in [7, 11) is 1.73. The van der Waals surface area contributed by atoms with Gasteiger partial charge >= 0.3 is 0 Å². The largest absolute Gasteiger partial charge is 0.383 e.